The Morgan fingerprint density at radius 2 is 1.92 bits per heavy atom. The van der Waals surface area contributed by atoms with Crippen LogP contribution in [0, 0.1) is 0 Å². The molecule has 0 fully saturated rings. The smallest absolute Gasteiger partial charge is 0.340 e. The Balaban J connectivity index is 1.90. The number of thioether (sulfide) groups is 1. The zero-order valence-electron chi connectivity index (χ0n) is 12.7. The highest BCUT2D eigenvalue weighted by molar-refractivity contribution is 8.19. The van der Waals surface area contributed by atoms with E-state index in [1.165, 1.54) is 23.1 Å². The molecule has 1 amide bonds. The maximum Gasteiger partial charge on any atom is 0.340 e. The second-order valence-electron chi connectivity index (χ2n) is 4.64. The molecular weight excluding hydrogens is 362 g/mol. The molecule has 0 radical (unpaired) electrons. The van der Waals surface area contributed by atoms with Gasteiger partial charge >= 0.3 is 5.97 Å². The van der Waals surface area contributed by atoms with E-state index in [4.69, 9.17) is 4.74 Å². The Morgan fingerprint density at radius 3 is 2.54 bits per heavy atom. The lowest BCUT2D eigenvalue weighted by Gasteiger charge is -2.05. The van der Waals surface area contributed by atoms with Gasteiger partial charge in [-0.3, -0.25) is 4.79 Å². The summed E-state index contributed by atoms with van der Waals surface area (Å²) in [5.74, 6) is -0.799. The zero-order valence-corrected chi connectivity index (χ0v) is 15.2. The van der Waals surface area contributed by atoms with Gasteiger partial charge in [-0.05, 0) is 42.0 Å². The number of hydrogen-bond acceptors (Lipinski definition) is 6. The highest BCUT2D eigenvalue weighted by atomic mass is 32.2. The first-order valence-corrected chi connectivity index (χ1v) is 9.73. The molecule has 3 rings (SSSR count). The molecule has 0 saturated heterocycles. The van der Waals surface area contributed by atoms with Crippen LogP contribution < -0.4 is 0 Å². The molecule has 0 aliphatic carbocycles. The maximum absolute atomic E-state index is 12.3. The Bertz CT molecular complexity index is 831. The summed E-state index contributed by atoms with van der Waals surface area (Å²) in [6.45, 7) is 2.02. The van der Waals surface area contributed by atoms with Gasteiger partial charge in [-0.25, -0.2) is 9.79 Å². The van der Waals surface area contributed by atoms with E-state index in [0.717, 1.165) is 9.75 Å². The van der Waals surface area contributed by atoms with Crippen LogP contribution in [0.25, 0.3) is 12.2 Å². The van der Waals surface area contributed by atoms with Gasteiger partial charge in [0.15, 0.2) is 0 Å². The predicted octanol–water partition coefficient (Wildman–Crippen LogP) is 4.47. The molecule has 1 aliphatic rings. The third-order valence-corrected chi connectivity index (χ3v) is 5.65. The third kappa shape index (κ3) is 3.92. The number of ether oxygens (including phenoxy) is 1. The number of carbonyl (C=O) groups excluding carboxylic acids is 2. The summed E-state index contributed by atoms with van der Waals surface area (Å²) in [4.78, 5) is 30.9. The molecule has 3 heterocycles. The average molecular weight is 375 g/mol. The Hall–Kier alpha value is -1.96. The number of amides is 1. The standard InChI is InChI=1S/C17H13NO3S3/c1-2-21-17(20)13(9-11-5-3-7-22-11)16-18-15(19)14(24-16)10-12-6-4-8-23-12/h3-10H,2H2,1H3. The van der Waals surface area contributed by atoms with Crippen LogP contribution in [0.4, 0.5) is 0 Å². The van der Waals surface area contributed by atoms with Gasteiger partial charge in [0.2, 0.25) is 0 Å². The molecule has 2 aromatic rings. The van der Waals surface area contributed by atoms with Crippen LogP contribution in [-0.2, 0) is 14.3 Å². The second kappa shape index (κ2) is 7.74. The van der Waals surface area contributed by atoms with E-state index in [2.05, 4.69) is 4.99 Å². The van der Waals surface area contributed by atoms with Crippen molar-refractivity contribution in [2.75, 3.05) is 6.61 Å². The molecule has 0 aromatic carbocycles. The lowest BCUT2D eigenvalue weighted by Crippen LogP contribution is -2.12. The maximum atomic E-state index is 12.3. The van der Waals surface area contributed by atoms with Crippen molar-refractivity contribution in [1.82, 2.24) is 0 Å². The number of carbonyl (C=O) groups is 2. The van der Waals surface area contributed by atoms with Crippen LogP contribution >= 0.6 is 34.4 Å². The highest BCUT2D eigenvalue weighted by Crippen LogP contribution is 2.33. The number of aliphatic imine (C=N–C) groups is 1. The number of hydrogen-bond donors (Lipinski definition) is 0. The van der Waals surface area contributed by atoms with E-state index in [9.17, 15) is 9.59 Å². The van der Waals surface area contributed by atoms with Crippen molar-refractivity contribution < 1.29 is 14.3 Å². The van der Waals surface area contributed by atoms with Crippen LogP contribution in [0.15, 0.2) is 50.5 Å². The summed E-state index contributed by atoms with van der Waals surface area (Å²) < 4.78 is 5.12. The minimum absolute atomic E-state index is 0.268. The summed E-state index contributed by atoms with van der Waals surface area (Å²) in [5.41, 5.74) is 0.312. The van der Waals surface area contributed by atoms with Crippen molar-refractivity contribution in [2.24, 2.45) is 4.99 Å². The van der Waals surface area contributed by atoms with Gasteiger partial charge in [-0.1, -0.05) is 23.9 Å². The SMILES string of the molecule is CCOC(=O)C(=Cc1cccs1)C1=NC(=O)C(=Cc2cccs2)S1. The molecule has 0 saturated carbocycles. The molecule has 0 spiro atoms. The summed E-state index contributed by atoms with van der Waals surface area (Å²) in [5, 5.41) is 4.25. The molecule has 24 heavy (non-hydrogen) atoms. The topological polar surface area (TPSA) is 55.7 Å². The van der Waals surface area contributed by atoms with Crippen molar-refractivity contribution in [3.8, 4) is 0 Å². The predicted molar refractivity (Wildman–Crippen MR) is 101 cm³/mol. The van der Waals surface area contributed by atoms with Gasteiger partial charge in [-0.15, -0.1) is 22.7 Å². The monoisotopic (exact) mass is 375 g/mol. The van der Waals surface area contributed by atoms with Crippen LogP contribution in [0.5, 0.6) is 0 Å². The van der Waals surface area contributed by atoms with Crippen molar-refractivity contribution >= 4 is 63.5 Å². The number of esters is 1. The molecule has 122 valence electrons. The molecule has 4 nitrogen and oxygen atoms in total. The Kier molecular flexibility index (Phi) is 5.44. The van der Waals surface area contributed by atoms with Crippen LogP contribution in [0.1, 0.15) is 16.7 Å². The van der Waals surface area contributed by atoms with E-state index in [1.807, 2.05) is 35.0 Å². The van der Waals surface area contributed by atoms with E-state index in [0.29, 0.717) is 15.5 Å². The molecule has 1 aliphatic heterocycles. The lowest BCUT2D eigenvalue weighted by atomic mass is 10.2. The summed E-state index contributed by atoms with van der Waals surface area (Å²) >= 11 is 4.25. The van der Waals surface area contributed by atoms with E-state index < -0.39 is 5.97 Å². The summed E-state index contributed by atoms with van der Waals surface area (Å²) in [7, 11) is 0. The molecule has 7 heteroatoms. The van der Waals surface area contributed by atoms with E-state index in [-0.39, 0.29) is 12.5 Å². The zero-order chi connectivity index (χ0) is 16.9. The van der Waals surface area contributed by atoms with Crippen LogP contribution in [-0.4, -0.2) is 23.5 Å². The average Bonchev–Trinajstić information content (AvgIpc) is 3.29. The second-order valence-corrected chi connectivity index (χ2v) is 7.63. The van der Waals surface area contributed by atoms with Crippen LogP contribution in [0.3, 0.4) is 0 Å². The first kappa shape index (κ1) is 16.9. The Labute approximate surface area is 151 Å². The normalized spacial score (nSPS) is 16.5. The van der Waals surface area contributed by atoms with Crippen molar-refractivity contribution in [1.29, 1.82) is 0 Å². The third-order valence-electron chi connectivity index (χ3n) is 2.99. The number of rotatable bonds is 5. The van der Waals surface area contributed by atoms with Gasteiger partial charge in [0.05, 0.1) is 17.1 Å². The first-order chi connectivity index (χ1) is 11.7. The van der Waals surface area contributed by atoms with Gasteiger partial charge in [-0.2, -0.15) is 0 Å². The fraction of sp³-hybridized carbons (Fsp3) is 0.118. The molecule has 0 N–H and O–H groups in total. The van der Waals surface area contributed by atoms with Crippen molar-refractivity contribution in [3.63, 3.8) is 0 Å². The van der Waals surface area contributed by atoms with E-state index in [1.54, 1.807) is 30.4 Å². The highest BCUT2D eigenvalue weighted by Gasteiger charge is 2.28. The van der Waals surface area contributed by atoms with Crippen molar-refractivity contribution in [3.05, 3.63) is 55.3 Å². The molecule has 2 aromatic heterocycles. The molecule has 0 atom stereocenters. The Morgan fingerprint density at radius 1 is 1.21 bits per heavy atom. The largest absolute Gasteiger partial charge is 0.462 e. The van der Waals surface area contributed by atoms with Gasteiger partial charge < -0.3 is 4.74 Å². The fourth-order valence-electron chi connectivity index (χ4n) is 1.96. The molecular formula is C17H13NO3S3. The lowest BCUT2D eigenvalue weighted by molar-refractivity contribution is -0.137. The summed E-state index contributed by atoms with van der Waals surface area (Å²) in [6, 6.07) is 7.64. The van der Waals surface area contributed by atoms with Gasteiger partial charge in [0.25, 0.3) is 5.91 Å². The van der Waals surface area contributed by atoms with E-state index >= 15 is 0 Å². The van der Waals surface area contributed by atoms with Gasteiger partial charge in [0, 0.05) is 9.75 Å². The number of thiophene rings is 2. The van der Waals surface area contributed by atoms with Gasteiger partial charge in [0.1, 0.15) is 5.04 Å². The molecule has 0 unspecified atom stereocenters. The quantitative estimate of drug-likeness (QED) is 0.571. The fourth-order valence-corrected chi connectivity index (χ4v) is 4.26. The summed E-state index contributed by atoms with van der Waals surface area (Å²) in [6.07, 6.45) is 3.51. The van der Waals surface area contributed by atoms with Crippen LogP contribution in [0.2, 0.25) is 0 Å². The minimum atomic E-state index is -0.470. The number of nitrogens with zero attached hydrogens (tertiary/aromatic N) is 1. The minimum Gasteiger partial charge on any atom is -0.462 e. The first-order valence-electron chi connectivity index (χ1n) is 7.16. The van der Waals surface area contributed by atoms with Crippen molar-refractivity contribution in [2.45, 2.75) is 6.92 Å². The molecule has 0 bridgehead atoms.